The van der Waals surface area contributed by atoms with Gasteiger partial charge in [-0.1, -0.05) is 30.3 Å². The van der Waals surface area contributed by atoms with E-state index in [1.54, 1.807) is 6.08 Å². The van der Waals surface area contributed by atoms with Gasteiger partial charge in [0.05, 0.1) is 5.69 Å². The Bertz CT molecular complexity index is 532. The Kier molecular flexibility index (Phi) is 3.07. The quantitative estimate of drug-likeness (QED) is 0.746. The second-order valence-electron chi connectivity index (χ2n) is 3.64. The fourth-order valence-electron chi connectivity index (χ4n) is 1.62. The molecule has 0 saturated carbocycles. The van der Waals surface area contributed by atoms with E-state index in [9.17, 15) is 0 Å². The van der Waals surface area contributed by atoms with Gasteiger partial charge in [0.2, 0.25) is 0 Å². The maximum Gasteiger partial charge on any atom is 0.0653 e. The molecule has 1 aromatic carbocycles. The van der Waals surface area contributed by atoms with Gasteiger partial charge in [-0.3, -0.25) is 4.98 Å². The van der Waals surface area contributed by atoms with E-state index in [1.165, 1.54) is 0 Å². The Hall–Kier alpha value is -1.60. The summed E-state index contributed by atoms with van der Waals surface area (Å²) in [5.74, 6) is 0. The highest BCUT2D eigenvalue weighted by atomic mass is 35.5. The molecule has 0 radical (unpaired) electrons. The smallest absolute Gasteiger partial charge is 0.0653 e. The van der Waals surface area contributed by atoms with Gasteiger partial charge in [0.1, 0.15) is 0 Å². The molecule has 0 aliphatic rings. The van der Waals surface area contributed by atoms with Crippen molar-refractivity contribution in [2.75, 3.05) is 0 Å². The summed E-state index contributed by atoms with van der Waals surface area (Å²) >= 11 is 5.96. The van der Waals surface area contributed by atoms with Crippen LogP contribution in [0.5, 0.6) is 0 Å². The molecule has 0 bridgehead atoms. The van der Waals surface area contributed by atoms with Crippen molar-refractivity contribution in [2.24, 2.45) is 0 Å². The molecule has 0 aliphatic heterocycles. The summed E-state index contributed by atoms with van der Waals surface area (Å²) in [6.45, 7) is 5.75. The van der Waals surface area contributed by atoms with Gasteiger partial charge in [-0.2, -0.15) is 0 Å². The average Bonchev–Trinajstić information content (AvgIpc) is 2.29. The van der Waals surface area contributed by atoms with Crippen molar-refractivity contribution in [3.05, 3.63) is 59.4 Å². The second-order valence-corrected chi connectivity index (χ2v) is 4.08. The molecule has 2 heteroatoms. The molecule has 0 saturated heterocycles. The summed E-state index contributed by atoms with van der Waals surface area (Å²) < 4.78 is 0. The van der Waals surface area contributed by atoms with Crippen molar-refractivity contribution in [2.45, 2.75) is 6.92 Å². The minimum Gasteiger partial charge on any atom is -0.256 e. The molecular weight excluding hydrogens is 218 g/mol. The van der Waals surface area contributed by atoms with Gasteiger partial charge < -0.3 is 0 Å². The predicted molar refractivity (Wildman–Crippen MR) is 69.5 cm³/mol. The van der Waals surface area contributed by atoms with E-state index in [-0.39, 0.29) is 0 Å². The minimum atomic E-state index is 0.739. The lowest BCUT2D eigenvalue weighted by molar-refractivity contribution is 1.24. The molecule has 0 fully saturated rings. The number of pyridine rings is 1. The lowest BCUT2D eigenvalue weighted by Crippen LogP contribution is -1.88. The SMILES string of the molecule is C=Cc1ncc(-c2cccc(Cl)c2)cc1C. The zero-order valence-corrected chi connectivity index (χ0v) is 9.83. The summed E-state index contributed by atoms with van der Waals surface area (Å²) in [7, 11) is 0. The van der Waals surface area contributed by atoms with Crippen molar-refractivity contribution >= 4 is 17.7 Å². The minimum absolute atomic E-state index is 0.739. The number of halogens is 1. The molecule has 1 heterocycles. The zero-order valence-electron chi connectivity index (χ0n) is 9.07. The van der Waals surface area contributed by atoms with E-state index in [4.69, 9.17) is 11.6 Å². The van der Waals surface area contributed by atoms with Crippen LogP contribution < -0.4 is 0 Å². The maximum atomic E-state index is 5.96. The largest absolute Gasteiger partial charge is 0.256 e. The van der Waals surface area contributed by atoms with E-state index in [2.05, 4.69) is 17.6 Å². The van der Waals surface area contributed by atoms with Crippen LogP contribution in [0.2, 0.25) is 5.02 Å². The van der Waals surface area contributed by atoms with Crippen LogP contribution in [0.1, 0.15) is 11.3 Å². The molecule has 16 heavy (non-hydrogen) atoms. The number of benzene rings is 1. The first-order chi connectivity index (χ1) is 7.70. The first kappa shape index (κ1) is 10.9. The topological polar surface area (TPSA) is 12.9 Å². The first-order valence-corrected chi connectivity index (χ1v) is 5.43. The number of aromatic nitrogens is 1. The summed E-state index contributed by atoms with van der Waals surface area (Å²) in [4.78, 5) is 4.34. The fraction of sp³-hybridized carbons (Fsp3) is 0.0714. The van der Waals surface area contributed by atoms with Crippen molar-refractivity contribution < 1.29 is 0 Å². The third-order valence-electron chi connectivity index (χ3n) is 2.47. The first-order valence-electron chi connectivity index (χ1n) is 5.06. The lowest BCUT2D eigenvalue weighted by Gasteiger charge is -2.05. The molecule has 80 valence electrons. The molecule has 0 unspecified atom stereocenters. The summed E-state index contributed by atoms with van der Waals surface area (Å²) in [5, 5.41) is 0.739. The van der Waals surface area contributed by atoms with E-state index in [1.807, 2.05) is 37.4 Å². The van der Waals surface area contributed by atoms with Crippen LogP contribution in [-0.4, -0.2) is 4.98 Å². The normalized spacial score (nSPS) is 10.1. The second kappa shape index (κ2) is 4.50. The lowest BCUT2D eigenvalue weighted by atomic mass is 10.1. The summed E-state index contributed by atoms with van der Waals surface area (Å²) in [5.41, 5.74) is 4.20. The van der Waals surface area contributed by atoms with Crippen molar-refractivity contribution in [3.8, 4) is 11.1 Å². The highest BCUT2D eigenvalue weighted by molar-refractivity contribution is 6.30. The van der Waals surface area contributed by atoms with Crippen molar-refractivity contribution in [3.63, 3.8) is 0 Å². The monoisotopic (exact) mass is 229 g/mol. The number of hydrogen-bond donors (Lipinski definition) is 0. The molecule has 0 atom stereocenters. The highest BCUT2D eigenvalue weighted by Crippen LogP contribution is 2.23. The Morgan fingerprint density at radius 3 is 2.69 bits per heavy atom. The van der Waals surface area contributed by atoms with Crippen LogP contribution in [0.3, 0.4) is 0 Å². The van der Waals surface area contributed by atoms with Crippen LogP contribution in [0, 0.1) is 6.92 Å². The van der Waals surface area contributed by atoms with E-state index < -0.39 is 0 Å². The number of hydrogen-bond acceptors (Lipinski definition) is 1. The van der Waals surface area contributed by atoms with Crippen LogP contribution in [0.15, 0.2) is 43.1 Å². The molecule has 0 amide bonds. The maximum absolute atomic E-state index is 5.96. The molecular formula is C14H12ClN. The van der Waals surface area contributed by atoms with E-state index >= 15 is 0 Å². The molecule has 2 aromatic rings. The number of aryl methyl sites for hydroxylation is 1. The summed E-state index contributed by atoms with van der Waals surface area (Å²) in [6.07, 6.45) is 3.60. The van der Waals surface area contributed by atoms with Crippen LogP contribution in [0.4, 0.5) is 0 Å². The van der Waals surface area contributed by atoms with Gasteiger partial charge in [-0.05, 0) is 42.3 Å². The van der Waals surface area contributed by atoms with Gasteiger partial charge in [0.25, 0.3) is 0 Å². The van der Waals surface area contributed by atoms with E-state index in [0.717, 1.165) is 27.4 Å². The zero-order chi connectivity index (χ0) is 11.5. The van der Waals surface area contributed by atoms with Crippen molar-refractivity contribution in [1.29, 1.82) is 0 Å². The standard InChI is InChI=1S/C14H12ClN/c1-3-14-10(2)7-12(9-16-14)11-5-4-6-13(15)8-11/h3-9H,1H2,2H3. The van der Waals surface area contributed by atoms with Crippen molar-refractivity contribution in [1.82, 2.24) is 4.98 Å². The Morgan fingerprint density at radius 1 is 1.25 bits per heavy atom. The van der Waals surface area contributed by atoms with Crippen LogP contribution in [0.25, 0.3) is 17.2 Å². The van der Waals surface area contributed by atoms with Gasteiger partial charge >= 0.3 is 0 Å². The molecule has 2 rings (SSSR count). The number of rotatable bonds is 2. The fourth-order valence-corrected chi connectivity index (χ4v) is 1.82. The van der Waals surface area contributed by atoms with Crippen LogP contribution >= 0.6 is 11.6 Å². The van der Waals surface area contributed by atoms with Gasteiger partial charge in [-0.15, -0.1) is 0 Å². The Balaban J connectivity index is 2.49. The van der Waals surface area contributed by atoms with Crippen LogP contribution in [-0.2, 0) is 0 Å². The summed E-state index contributed by atoms with van der Waals surface area (Å²) in [6, 6.07) is 9.86. The third-order valence-corrected chi connectivity index (χ3v) is 2.71. The molecule has 1 aromatic heterocycles. The molecule has 0 spiro atoms. The Labute approximate surface area is 100 Å². The highest BCUT2D eigenvalue weighted by Gasteiger charge is 2.01. The average molecular weight is 230 g/mol. The number of nitrogens with zero attached hydrogens (tertiary/aromatic N) is 1. The van der Waals surface area contributed by atoms with Gasteiger partial charge in [0.15, 0.2) is 0 Å². The van der Waals surface area contributed by atoms with Gasteiger partial charge in [-0.25, -0.2) is 0 Å². The van der Waals surface area contributed by atoms with E-state index in [0.29, 0.717) is 0 Å². The molecule has 0 aliphatic carbocycles. The predicted octanol–water partition coefficient (Wildman–Crippen LogP) is 4.35. The Morgan fingerprint density at radius 2 is 2.06 bits per heavy atom. The van der Waals surface area contributed by atoms with Gasteiger partial charge in [0, 0.05) is 16.8 Å². The molecule has 1 nitrogen and oxygen atoms in total. The third kappa shape index (κ3) is 2.15. The molecule has 0 N–H and O–H groups in total.